The molecule has 3 atom stereocenters. The summed E-state index contributed by atoms with van der Waals surface area (Å²) in [6.07, 6.45) is 7.25. The second-order valence-electron chi connectivity index (χ2n) is 6.97. The average Bonchev–Trinajstić information content (AvgIpc) is 3.02. The van der Waals surface area contributed by atoms with Crippen molar-refractivity contribution in [2.24, 2.45) is 5.92 Å². The third-order valence-corrected chi connectivity index (χ3v) is 5.40. The standard InChI is InChI=1S/C16H26N2O3/c19-16(17-7-1-2-8-17)18-9-10-20-14-6-5-13(18)15(14)21-11-12-3-4-12/h12-15H,1-11H2/t13-,14-,15-/m0/s1. The topological polar surface area (TPSA) is 42.0 Å². The molecule has 0 aromatic heterocycles. The summed E-state index contributed by atoms with van der Waals surface area (Å²) in [5.74, 6) is 0.760. The van der Waals surface area contributed by atoms with Crippen LogP contribution in [0.4, 0.5) is 4.79 Å². The number of likely N-dealkylation sites (tertiary alicyclic amines) is 1. The molecule has 4 rings (SSSR count). The van der Waals surface area contributed by atoms with Gasteiger partial charge in [0.15, 0.2) is 0 Å². The van der Waals surface area contributed by atoms with E-state index in [0.717, 1.165) is 57.8 Å². The molecule has 2 saturated heterocycles. The number of carbonyl (C=O) groups excluding carboxylic acids is 1. The zero-order chi connectivity index (χ0) is 14.2. The number of hydrogen-bond acceptors (Lipinski definition) is 3. The summed E-state index contributed by atoms with van der Waals surface area (Å²) in [5.41, 5.74) is 0. The van der Waals surface area contributed by atoms with E-state index in [-0.39, 0.29) is 24.3 Å². The fourth-order valence-corrected chi connectivity index (χ4v) is 3.97. The Bertz CT molecular complexity index is 393. The number of carbonyl (C=O) groups is 1. The van der Waals surface area contributed by atoms with Gasteiger partial charge >= 0.3 is 6.03 Å². The van der Waals surface area contributed by atoms with Crippen LogP contribution in [0.3, 0.4) is 0 Å². The van der Waals surface area contributed by atoms with Crippen molar-refractivity contribution in [3.8, 4) is 0 Å². The second kappa shape index (κ2) is 5.76. The number of nitrogens with zero attached hydrogens (tertiary/aromatic N) is 2. The van der Waals surface area contributed by atoms with E-state index in [0.29, 0.717) is 6.61 Å². The highest BCUT2D eigenvalue weighted by atomic mass is 16.5. The van der Waals surface area contributed by atoms with E-state index in [4.69, 9.17) is 9.47 Å². The first-order chi connectivity index (χ1) is 10.3. The Morgan fingerprint density at radius 2 is 1.90 bits per heavy atom. The lowest BCUT2D eigenvalue weighted by atomic mass is 10.1. The molecule has 4 aliphatic rings. The van der Waals surface area contributed by atoms with Gasteiger partial charge in [0.25, 0.3) is 0 Å². The summed E-state index contributed by atoms with van der Waals surface area (Å²) in [6, 6.07) is 0.438. The normalized spacial score (nSPS) is 36.1. The zero-order valence-corrected chi connectivity index (χ0v) is 12.7. The molecular formula is C16H26N2O3. The van der Waals surface area contributed by atoms with Crippen molar-refractivity contribution in [2.75, 3.05) is 32.8 Å². The molecule has 2 heterocycles. The lowest BCUT2D eigenvalue weighted by Gasteiger charge is -2.34. The van der Waals surface area contributed by atoms with Crippen LogP contribution in [0.5, 0.6) is 0 Å². The van der Waals surface area contributed by atoms with E-state index in [2.05, 4.69) is 4.90 Å². The number of amides is 2. The monoisotopic (exact) mass is 294 g/mol. The van der Waals surface area contributed by atoms with Crippen LogP contribution in [0, 0.1) is 5.92 Å². The highest BCUT2D eigenvalue weighted by Crippen LogP contribution is 2.35. The van der Waals surface area contributed by atoms with Crippen molar-refractivity contribution < 1.29 is 14.3 Å². The molecule has 2 aliphatic heterocycles. The van der Waals surface area contributed by atoms with Gasteiger partial charge in [-0.25, -0.2) is 4.79 Å². The second-order valence-corrected chi connectivity index (χ2v) is 6.97. The van der Waals surface area contributed by atoms with Crippen molar-refractivity contribution in [1.82, 2.24) is 9.80 Å². The molecule has 4 fully saturated rings. The molecule has 2 aliphatic carbocycles. The van der Waals surface area contributed by atoms with Gasteiger partial charge in [0.05, 0.1) is 18.8 Å². The van der Waals surface area contributed by atoms with Crippen molar-refractivity contribution in [3.63, 3.8) is 0 Å². The number of rotatable bonds is 3. The smallest absolute Gasteiger partial charge is 0.320 e. The number of fused-ring (bicyclic) bond motifs is 2. The predicted octanol–water partition coefficient (Wildman–Crippen LogP) is 1.86. The fourth-order valence-electron chi connectivity index (χ4n) is 3.97. The first-order valence-electron chi connectivity index (χ1n) is 8.61. The summed E-state index contributed by atoms with van der Waals surface area (Å²) < 4.78 is 12.1. The number of ether oxygens (including phenoxy) is 2. The van der Waals surface area contributed by atoms with Crippen LogP contribution in [-0.4, -0.2) is 66.9 Å². The molecule has 2 saturated carbocycles. The third kappa shape index (κ3) is 2.78. The predicted molar refractivity (Wildman–Crippen MR) is 78.1 cm³/mol. The van der Waals surface area contributed by atoms with Gasteiger partial charge in [-0.1, -0.05) is 0 Å². The van der Waals surface area contributed by atoms with E-state index < -0.39 is 0 Å². The minimum Gasteiger partial charge on any atom is -0.374 e. The van der Waals surface area contributed by atoms with Crippen LogP contribution < -0.4 is 0 Å². The van der Waals surface area contributed by atoms with Gasteiger partial charge in [0.2, 0.25) is 0 Å². The summed E-state index contributed by atoms with van der Waals surface area (Å²) >= 11 is 0. The maximum Gasteiger partial charge on any atom is 0.320 e. The lowest BCUT2D eigenvalue weighted by molar-refractivity contribution is -0.0555. The average molecular weight is 294 g/mol. The van der Waals surface area contributed by atoms with E-state index in [1.807, 2.05) is 4.90 Å². The minimum absolute atomic E-state index is 0.0969. The van der Waals surface area contributed by atoms with E-state index in [9.17, 15) is 4.79 Å². The number of hydrogen-bond donors (Lipinski definition) is 0. The van der Waals surface area contributed by atoms with E-state index in [1.165, 1.54) is 12.8 Å². The highest BCUT2D eigenvalue weighted by molar-refractivity contribution is 5.75. The molecule has 0 spiro atoms. The lowest BCUT2D eigenvalue weighted by Crippen LogP contribution is -2.51. The largest absolute Gasteiger partial charge is 0.374 e. The SMILES string of the molecule is O=C(N1CCCC1)N1CCO[C@H]2CC[C@H]1[C@@H]2OCC1CC1. The van der Waals surface area contributed by atoms with Gasteiger partial charge in [0, 0.05) is 26.2 Å². The first-order valence-corrected chi connectivity index (χ1v) is 8.61. The molecule has 2 amide bonds. The van der Waals surface area contributed by atoms with Crippen LogP contribution in [0.25, 0.3) is 0 Å². The quantitative estimate of drug-likeness (QED) is 0.798. The van der Waals surface area contributed by atoms with Crippen LogP contribution >= 0.6 is 0 Å². The van der Waals surface area contributed by atoms with Gasteiger partial charge in [-0.3, -0.25) is 0 Å². The molecule has 0 aromatic carbocycles. The molecule has 0 N–H and O–H groups in total. The third-order valence-electron chi connectivity index (χ3n) is 5.40. The Balaban J connectivity index is 1.45. The zero-order valence-electron chi connectivity index (χ0n) is 12.7. The number of urea groups is 1. The maximum absolute atomic E-state index is 12.8. The van der Waals surface area contributed by atoms with E-state index in [1.54, 1.807) is 0 Å². The molecule has 2 bridgehead atoms. The van der Waals surface area contributed by atoms with Crippen molar-refractivity contribution >= 4 is 6.03 Å². The Morgan fingerprint density at radius 1 is 1.10 bits per heavy atom. The molecular weight excluding hydrogens is 268 g/mol. The van der Waals surface area contributed by atoms with Crippen molar-refractivity contribution in [2.45, 2.75) is 56.8 Å². The van der Waals surface area contributed by atoms with Crippen LogP contribution in [-0.2, 0) is 9.47 Å². The molecule has 5 heteroatoms. The van der Waals surface area contributed by atoms with Gasteiger partial charge in [-0.05, 0) is 44.4 Å². The van der Waals surface area contributed by atoms with Crippen LogP contribution in [0.1, 0.15) is 38.5 Å². The molecule has 21 heavy (non-hydrogen) atoms. The van der Waals surface area contributed by atoms with Crippen LogP contribution in [0.15, 0.2) is 0 Å². The Morgan fingerprint density at radius 3 is 2.67 bits per heavy atom. The van der Waals surface area contributed by atoms with Gasteiger partial charge in [-0.2, -0.15) is 0 Å². The Hall–Kier alpha value is -0.810. The first kappa shape index (κ1) is 13.8. The van der Waals surface area contributed by atoms with Crippen molar-refractivity contribution in [1.29, 1.82) is 0 Å². The fraction of sp³-hybridized carbons (Fsp3) is 0.938. The Kier molecular flexibility index (Phi) is 3.79. The summed E-state index contributed by atoms with van der Waals surface area (Å²) in [4.78, 5) is 16.8. The maximum atomic E-state index is 12.8. The van der Waals surface area contributed by atoms with Crippen LogP contribution in [0.2, 0.25) is 0 Å². The molecule has 118 valence electrons. The minimum atomic E-state index is 0.0969. The summed E-state index contributed by atoms with van der Waals surface area (Å²) in [7, 11) is 0. The molecule has 0 aromatic rings. The summed E-state index contributed by atoms with van der Waals surface area (Å²) in [5, 5.41) is 0. The Labute approximate surface area is 126 Å². The summed E-state index contributed by atoms with van der Waals surface area (Å²) in [6.45, 7) is 4.07. The highest BCUT2D eigenvalue weighted by Gasteiger charge is 2.46. The van der Waals surface area contributed by atoms with Gasteiger partial charge < -0.3 is 19.3 Å². The molecule has 0 radical (unpaired) electrons. The van der Waals surface area contributed by atoms with Gasteiger partial charge in [-0.15, -0.1) is 0 Å². The van der Waals surface area contributed by atoms with E-state index >= 15 is 0 Å². The molecule has 5 nitrogen and oxygen atoms in total. The molecule has 0 unspecified atom stereocenters. The van der Waals surface area contributed by atoms with Crippen molar-refractivity contribution in [3.05, 3.63) is 0 Å². The van der Waals surface area contributed by atoms with Gasteiger partial charge in [0.1, 0.15) is 6.10 Å².